The highest BCUT2D eigenvalue weighted by Gasteiger charge is 2.28. The van der Waals surface area contributed by atoms with Gasteiger partial charge in [-0.3, -0.25) is 14.3 Å². The number of amides is 1. The lowest BCUT2D eigenvalue weighted by atomic mass is 9.94. The van der Waals surface area contributed by atoms with Crippen LogP contribution in [-0.4, -0.2) is 54.4 Å². The van der Waals surface area contributed by atoms with E-state index in [-0.39, 0.29) is 18.4 Å². The van der Waals surface area contributed by atoms with Crippen molar-refractivity contribution < 1.29 is 14.7 Å². The molecule has 0 saturated carbocycles. The SMILES string of the molecule is O=C(O)Cn1nccc1[C@H]1CCCN(C(=O)c2cccc3ccnn23)C1. The van der Waals surface area contributed by atoms with Gasteiger partial charge in [0.05, 0.1) is 11.7 Å². The Morgan fingerprint density at radius 1 is 1.15 bits per heavy atom. The lowest BCUT2D eigenvalue weighted by Crippen LogP contribution is -2.40. The highest BCUT2D eigenvalue weighted by atomic mass is 16.4. The highest BCUT2D eigenvalue weighted by molar-refractivity contribution is 5.93. The van der Waals surface area contributed by atoms with E-state index in [0.717, 1.165) is 24.1 Å². The minimum Gasteiger partial charge on any atom is -0.480 e. The number of carboxylic acids is 1. The van der Waals surface area contributed by atoms with Gasteiger partial charge in [0, 0.05) is 30.9 Å². The van der Waals surface area contributed by atoms with Crippen LogP contribution in [0, 0.1) is 0 Å². The topological polar surface area (TPSA) is 92.7 Å². The average Bonchev–Trinajstić information content (AvgIpc) is 3.29. The number of hydrogen-bond acceptors (Lipinski definition) is 4. The van der Waals surface area contributed by atoms with Crippen LogP contribution in [0.3, 0.4) is 0 Å². The van der Waals surface area contributed by atoms with E-state index in [2.05, 4.69) is 10.2 Å². The van der Waals surface area contributed by atoms with Crippen molar-refractivity contribution in [3.05, 3.63) is 54.1 Å². The minimum atomic E-state index is -0.927. The maximum absolute atomic E-state index is 13.0. The van der Waals surface area contributed by atoms with Gasteiger partial charge < -0.3 is 10.0 Å². The van der Waals surface area contributed by atoms with E-state index >= 15 is 0 Å². The lowest BCUT2D eigenvalue weighted by molar-refractivity contribution is -0.137. The third kappa shape index (κ3) is 2.94. The first-order valence-electron chi connectivity index (χ1n) is 8.59. The largest absolute Gasteiger partial charge is 0.480 e. The van der Waals surface area contributed by atoms with Gasteiger partial charge in [0.25, 0.3) is 5.91 Å². The summed E-state index contributed by atoms with van der Waals surface area (Å²) in [5, 5.41) is 17.4. The number of aromatic nitrogens is 4. The minimum absolute atomic E-state index is 0.0618. The Hall–Kier alpha value is -3.16. The fourth-order valence-corrected chi connectivity index (χ4v) is 3.63. The molecule has 1 amide bonds. The molecule has 4 rings (SSSR count). The van der Waals surface area contributed by atoms with Crippen molar-refractivity contribution >= 4 is 17.4 Å². The zero-order valence-electron chi connectivity index (χ0n) is 14.2. The van der Waals surface area contributed by atoms with Crippen molar-refractivity contribution in [1.82, 2.24) is 24.3 Å². The van der Waals surface area contributed by atoms with E-state index in [1.54, 1.807) is 23.0 Å². The maximum Gasteiger partial charge on any atom is 0.325 e. The molecule has 0 spiro atoms. The van der Waals surface area contributed by atoms with Crippen LogP contribution in [0.5, 0.6) is 0 Å². The second-order valence-corrected chi connectivity index (χ2v) is 6.48. The summed E-state index contributed by atoms with van der Waals surface area (Å²) in [7, 11) is 0. The number of aliphatic carboxylic acids is 1. The standard InChI is InChI=1S/C18H19N5O3/c24-17(25)12-22-15(7-9-19-22)13-3-2-10-21(11-13)18(26)16-5-1-4-14-6-8-20-23(14)16/h1,4-9,13H,2-3,10-12H2,(H,24,25)/t13-/m0/s1. The van der Waals surface area contributed by atoms with E-state index in [1.165, 1.54) is 4.68 Å². The van der Waals surface area contributed by atoms with Crippen molar-refractivity contribution in [1.29, 1.82) is 0 Å². The molecule has 0 bridgehead atoms. The molecule has 4 heterocycles. The van der Waals surface area contributed by atoms with E-state index in [9.17, 15) is 9.59 Å². The van der Waals surface area contributed by atoms with Crippen molar-refractivity contribution in [3.8, 4) is 0 Å². The third-order valence-electron chi connectivity index (χ3n) is 4.80. The van der Waals surface area contributed by atoms with Crippen molar-refractivity contribution in [2.75, 3.05) is 13.1 Å². The van der Waals surface area contributed by atoms with E-state index in [4.69, 9.17) is 5.11 Å². The molecular formula is C18H19N5O3. The summed E-state index contributed by atoms with van der Waals surface area (Å²) >= 11 is 0. The Bertz CT molecular complexity index is 961. The third-order valence-corrected chi connectivity index (χ3v) is 4.80. The number of pyridine rings is 1. The van der Waals surface area contributed by atoms with Gasteiger partial charge in [0.2, 0.25) is 0 Å². The van der Waals surface area contributed by atoms with Gasteiger partial charge in [-0.05, 0) is 37.1 Å². The first kappa shape index (κ1) is 16.3. The Labute approximate surface area is 149 Å². The first-order chi connectivity index (χ1) is 12.6. The summed E-state index contributed by atoms with van der Waals surface area (Å²) < 4.78 is 3.16. The smallest absolute Gasteiger partial charge is 0.325 e. The molecule has 3 aromatic heterocycles. The predicted octanol–water partition coefficient (Wildman–Crippen LogP) is 1.64. The van der Waals surface area contributed by atoms with Crippen LogP contribution in [0.15, 0.2) is 42.7 Å². The molecule has 8 nitrogen and oxygen atoms in total. The van der Waals surface area contributed by atoms with Gasteiger partial charge in [-0.25, -0.2) is 4.52 Å². The van der Waals surface area contributed by atoms with Gasteiger partial charge >= 0.3 is 5.97 Å². The quantitative estimate of drug-likeness (QED) is 0.770. The molecule has 134 valence electrons. The fraction of sp³-hybridized carbons (Fsp3) is 0.333. The first-order valence-corrected chi connectivity index (χ1v) is 8.59. The summed E-state index contributed by atoms with van der Waals surface area (Å²) in [6.45, 7) is 1.06. The van der Waals surface area contributed by atoms with Crippen LogP contribution in [-0.2, 0) is 11.3 Å². The normalized spacial score (nSPS) is 17.5. The molecule has 0 aliphatic carbocycles. The second kappa shape index (κ2) is 6.62. The molecule has 1 fully saturated rings. The average molecular weight is 353 g/mol. The predicted molar refractivity (Wildman–Crippen MR) is 92.9 cm³/mol. The monoisotopic (exact) mass is 353 g/mol. The van der Waals surface area contributed by atoms with Crippen molar-refractivity contribution in [2.45, 2.75) is 25.3 Å². The van der Waals surface area contributed by atoms with Gasteiger partial charge in [-0.15, -0.1) is 0 Å². The number of piperidine rings is 1. The Balaban J connectivity index is 1.57. The summed E-state index contributed by atoms with van der Waals surface area (Å²) in [5.41, 5.74) is 2.28. The van der Waals surface area contributed by atoms with Crippen LogP contribution in [0.2, 0.25) is 0 Å². The number of likely N-dealkylation sites (tertiary alicyclic amines) is 1. The van der Waals surface area contributed by atoms with E-state index in [0.29, 0.717) is 18.8 Å². The van der Waals surface area contributed by atoms with Gasteiger partial charge in [0.1, 0.15) is 12.2 Å². The molecule has 0 radical (unpaired) electrons. The molecule has 3 aromatic rings. The zero-order valence-corrected chi connectivity index (χ0v) is 14.2. The zero-order chi connectivity index (χ0) is 18.1. The molecule has 1 saturated heterocycles. The maximum atomic E-state index is 13.0. The molecule has 26 heavy (non-hydrogen) atoms. The van der Waals surface area contributed by atoms with Gasteiger partial charge in [-0.1, -0.05) is 6.07 Å². The Kier molecular flexibility index (Phi) is 4.16. The molecule has 1 N–H and O–H groups in total. The van der Waals surface area contributed by atoms with Crippen LogP contribution in [0.4, 0.5) is 0 Å². The highest BCUT2D eigenvalue weighted by Crippen LogP contribution is 2.27. The molecule has 1 aliphatic heterocycles. The fourth-order valence-electron chi connectivity index (χ4n) is 3.63. The van der Waals surface area contributed by atoms with Crippen molar-refractivity contribution in [2.24, 2.45) is 0 Å². The number of rotatable bonds is 4. The molecule has 0 unspecified atom stereocenters. The van der Waals surface area contributed by atoms with Crippen LogP contribution in [0.1, 0.15) is 34.9 Å². The number of carbonyl (C=O) groups excluding carboxylic acids is 1. The Morgan fingerprint density at radius 2 is 2.00 bits per heavy atom. The number of carbonyl (C=O) groups is 2. The van der Waals surface area contributed by atoms with Crippen LogP contribution < -0.4 is 0 Å². The summed E-state index contributed by atoms with van der Waals surface area (Å²) in [5.74, 6) is -0.913. The van der Waals surface area contributed by atoms with E-state index in [1.807, 2.05) is 29.2 Å². The van der Waals surface area contributed by atoms with Crippen LogP contribution in [0.25, 0.3) is 5.52 Å². The summed E-state index contributed by atoms with van der Waals surface area (Å²) in [6, 6.07) is 9.25. The molecule has 1 atom stereocenters. The molecular weight excluding hydrogens is 334 g/mol. The second-order valence-electron chi connectivity index (χ2n) is 6.48. The van der Waals surface area contributed by atoms with E-state index < -0.39 is 5.97 Å². The lowest BCUT2D eigenvalue weighted by Gasteiger charge is -2.33. The number of carboxylic acid groups (broad SMARTS) is 1. The molecule has 8 heteroatoms. The number of nitrogens with zero attached hydrogens (tertiary/aromatic N) is 5. The number of fused-ring (bicyclic) bond motifs is 1. The van der Waals surface area contributed by atoms with Gasteiger partial charge in [0.15, 0.2) is 0 Å². The molecule has 1 aliphatic rings. The van der Waals surface area contributed by atoms with Crippen LogP contribution >= 0.6 is 0 Å². The molecule has 0 aromatic carbocycles. The summed E-state index contributed by atoms with van der Waals surface area (Å²) in [6.07, 6.45) is 5.06. The van der Waals surface area contributed by atoms with Crippen molar-refractivity contribution in [3.63, 3.8) is 0 Å². The van der Waals surface area contributed by atoms with Gasteiger partial charge in [-0.2, -0.15) is 10.2 Å². The Morgan fingerprint density at radius 3 is 2.85 bits per heavy atom. The number of hydrogen-bond donors (Lipinski definition) is 1. The summed E-state index contributed by atoms with van der Waals surface area (Å²) in [4.78, 5) is 25.9.